The number of aromatic nitrogens is 2. The Hall–Kier alpha value is -1.30. The molecular formula is C17H25N3OS. The molecule has 2 aromatic heterocycles. The molecule has 0 radical (unpaired) electrons. The average Bonchev–Trinajstić information content (AvgIpc) is 3.03. The standard InChI is InChI=1S/C17H25N3OS/c1-2-3-11-21-12-5-9-18-10-7-17-20-16(14-22-17)15-6-4-8-19-13-15/h4,6,8,13-14,18H,2-3,5,7,9-12H2,1H3. The summed E-state index contributed by atoms with van der Waals surface area (Å²) in [6.07, 6.45) is 8.05. The van der Waals surface area contributed by atoms with E-state index >= 15 is 0 Å². The third kappa shape index (κ3) is 6.22. The molecule has 0 fully saturated rings. The number of unbranched alkanes of at least 4 members (excludes halogenated alkanes) is 1. The quantitative estimate of drug-likeness (QED) is 0.644. The molecule has 0 amide bonds. The first kappa shape index (κ1) is 17.1. The zero-order valence-corrected chi connectivity index (χ0v) is 14.1. The van der Waals surface area contributed by atoms with E-state index in [9.17, 15) is 0 Å². The predicted octanol–water partition coefficient (Wildman–Crippen LogP) is 3.54. The lowest BCUT2D eigenvalue weighted by Gasteiger charge is -2.04. The Balaban J connectivity index is 1.57. The van der Waals surface area contributed by atoms with Crippen molar-refractivity contribution in [3.63, 3.8) is 0 Å². The summed E-state index contributed by atoms with van der Waals surface area (Å²) in [5, 5.41) is 6.73. The molecule has 0 saturated carbocycles. The van der Waals surface area contributed by atoms with Gasteiger partial charge in [-0.15, -0.1) is 11.3 Å². The Bertz CT molecular complexity index is 516. The average molecular weight is 319 g/mol. The zero-order valence-electron chi connectivity index (χ0n) is 13.3. The molecule has 5 heteroatoms. The van der Waals surface area contributed by atoms with Crippen molar-refractivity contribution in [1.82, 2.24) is 15.3 Å². The van der Waals surface area contributed by atoms with Crippen LogP contribution in [-0.4, -0.2) is 36.3 Å². The van der Waals surface area contributed by atoms with Gasteiger partial charge in [0.05, 0.1) is 10.7 Å². The number of hydrogen-bond donors (Lipinski definition) is 1. The van der Waals surface area contributed by atoms with Crippen LogP contribution in [0.2, 0.25) is 0 Å². The lowest BCUT2D eigenvalue weighted by atomic mass is 10.2. The van der Waals surface area contributed by atoms with Gasteiger partial charge in [0.2, 0.25) is 0 Å². The van der Waals surface area contributed by atoms with E-state index in [-0.39, 0.29) is 0 Å². The summed E-state index contributed by atoms with van der Waals surface area (Å²) in [6.45, 7) is 5.91. The molecule has 0 bridgehead atoms. The molecular weight excluding hydrogens is 294 g/mol. The smallest absolute Gasteiger partial charge is 0.0945 e. The second-order valence-corrected chi connectivity index (χ2v) is 6.13. The Morgan fingerprint density at radius 1 is 1.23 bits per heavy atom. The van der Waals surface area contributed by atoms with Gasteiger partial charge in [-0.3, -0.25) is 4.98 Å². The number of pyridine rings is 1. The van der Waals surface area contributed by atoms with Gasteiger partial charge < -0.3 is 10.1 Å². The molecule has 0 unspecified atom stereocenters. The van der Waals surface area contributed by atoms with Gasteiger partial charge in [0.1, 0.15) is 0 Å². The van der Waals surface area contributed by atoms with Crippen molar-refractivity contribution in [3.05, 3.63) is 34.9 Å². The van der Waals surface area contributed by atoms with Gasteiger partial charge >= 0.3 is 0 Å². The van der Waals surface area contributed by atoms with E-state index in [1.807, 2.05) is 18.3 Å². The molecule has 2 aromatic rings. The third-order valence-corrected chi connectivity index (χ3v) is 4.22. The van der Waals surface area contributed by atoms with Gasteiger partial charge in [-0.05, 0) is 31.5 Å². The van der Waals surface area contributed by atoms with Gasteiger partial charge in [-0.2, -0.15) is 0 Å². The lowest BCUT2D eigenvalue weighted by molar-refractivity contribution is 0.129. The monoisotopic (exact) mass is 319 g/mol. The Morgan fingerprint density at radius 3 is 2.95 bits per heavy atom. The highest BCUT2D eigenvalue weighted by Crippen LogP contribution is 2.20. The zero-order chi connectivity index (χ0) is 15.5. The van der Waals surface area contributed by atoms with Gasteiger partial charge in [-0.25, -0.2) is 4.98 Å². The minimum Gasteiger partial charge on any atom is -0.381 e. The van der Waals surface area contributed by atoms with Crippen LogP contribution in [0.15, 0.2) is 29.9 Å². The predicted molar refractivity (Wildman–Crippen MR) is 92.3 cm³/mol. The van der Waals surface area contributed by atoms with Gasteiger partial charge in [0, 0.05) is 49.5 Å². The first-order valence-electron chi connectivity index (χ1n) is 8.03. The third-order valence-electron chi connectivity index (χ3n) is 3.31. The topological polar surface area (TPSA) is 47.0 Å². The summed E-state index contributed by atoms with van der Waals surface area (Å²) >= 11 is 1.72. The molecule has 0 aromatic carbocycles. The van der Waals surface area contributed by atoms with Crippen LogP contribution in [0.4, 0.5) is 0 Å². The molecule has 0 aliphatic heterocycles. The lowest BCUT2D eigenvalue weighted by Crippen LogP contribution is -2.19. The van der Waals surface area contributed by atoms with Crippen molar-refractivity contribution in [2.24, 2.45) is 0 Å². The minimum atomic E-state index is 0.857. The highest BCUT2D eigenvalue weighted by atomic mass is 32.1. The van der Waals surface area contributed by atoms with E-state index in [0.717, 1.165) is 56.8 Å². The molecule has 22 heavy (non-hydrogen) atoms. The SMILES string of the molecule is CCCCOCCCNCCc1nc(-c2cccnc2)cs1. The van der Waals surface area contributed by atoms with Gasteiger partial charge in [0.25, 0.3) is 0 Å². The molecule has 4 nitrogen and oxygen atoms in total. The van der Waals surface area contributed by atoms with E-state index in [1.54, 1.807) is 17.5 Å². The van der Waals surface area contributed by atoms with Crippen molar-refractivity contribution in [1.29, 1.82) is 0 Å². The fraction of sp³-hybridized carbons (Fsp3) is 0.529. The van der Waals surface area contributed by atoms with E-state index < -0.39 is 0 Å². The van der Waals surface area contributed by atoms with Crippen LogP contribution >= 0.6 is 11.3 Å². The van der Waals surface area contributed by atoms with Crippen molar-refractivity contribution in [2.75, 3.05) is 26.3 Å². The van der Waals surface area contributed by atoms with Crippen LogP contribution in [0.5, 0.6) is 0 Å². The van der Waals surface area contributed by atoms with Crippen molar-refractivity contribution >= 4 is 11.3 Å². The Morgan fingerprint density at radius 2 is 2.14 bits per heavy atom. The first-order valence-corrected chi connectivity index (χ1v) is 8.91. The van der Waals surface area contributed by atoms with Gasteiger partial charge in [0.15, 0.2) is 0 Å². The largest absolute Gasteiger partial charge is 0.381 e. The van der Waals surface area contributed by atoms with Crippen LogP contribution in [0, 0.1) is 0 Å². The summed E-state index contributed by atoms with van der Waals surface area (Å²) in [4.78, 5) is 8.80. The van der Waals surface area contributed by atoms with Gasteiger partial charge in [-0.1, -0.05) is 13.3 Å². The van der Waals surface area contributed by atoms with Crippen LogP contribution in [0.25, 0.3) is 11.3 Å². The van der Waals surface area contributed by atoms with Crippen LogP contribution in [-0.2, 0) is 11.2 Å². The first-order chi connectivity index (χ1) is 10.9. The van der Waals surface area contributed by atoms with E-state index in [4.69, 9.17) is 4.74 Å². The number of thiazole rings is 1. The number of nitrogens with zero attached hydrogens (tertiary/aromatic N) is 2. The number of nitrogens with one attached hydrogen (secondary N) is 1. The summed E-state index contributed by atoms with van der Waals surface area (Å²) in [5.41, 5.74) is 2.11. The summed E-state index contributed by atoms with van der Waals surface area (Å²) in [6, 6.07) is 3.99. The van der Waals surface area contributed by atoms with Crippen molar-refractivity contribution < 1.29 is 4.74 Å². The Kier molecular flexibility index (Phi) is 8.09. The second kappa shape index (κ2) is 10.4. The number of ether oxygens (including phenoxy) is 1. The van der Waals surface area contributed by atoms with Crippen LogP contribution in [0.1, 0.15) is 31.2 Å². The van der Waals surface area contributed by atoms with E-state index in [2.05, 4.69) is 27.6 Å². The molecule has 2 heterocycles. The maximum absolute atomic E-state index is 5.54. The fourth-order valence-corrected chi connectivity index (χ4v) is 2.85. The maximum atomic E-state index is 5.54. The summed E-state index contributed by atoms with van der Waals surface area (Å²) in [7, 11) is 0. The molecule has 0 aliphatic carbocycles. The highest BCUT2D eigenvalue weighted by Gasteiger charge is 2.04. The van der Waals surface area contributed by atoms with Crippen LogP contribution in [0.3, 0.4) is 0 Å². The van der Waals surface area contributed by atoms with E-state index in [1.165, 1.54) is 11.4 Å². The fourth-order valence-electron chi connectivity index (χ4n) is 2.04. The molecule has 0 atom stereocenters. The molecule has 120 valence electrons. The number of rotatable bonds is 11. The number of hydrogen-bond acceptors (Lipinski definition) is 5. The Labute approximate surface area is 137 Å². The van der Waals surface area contributed by atoms with Crippen molar-refractivity contribution in [3.8, 4) is 11.3 Å². The molecule has 2 rings (SSSR count). The molecule has 0 spiro atoms. The normalized spacial score (nSPS) is 11.0. The summed E-state index contributed by atoms with van der Waals surface area (Å²) in [5.74, 6) is 0. The van der Waals surface area contributed by atoms with Crippen molar-refractivity contribution in [2.45, 2.75) is 32.6 Å². The molecule has 0 aliphatic rings. The minimum absolute atomic E-state index is 0.857. The maximum Gasteiger partial charge on any atom is 0.0945 e. The second-order valence-electron chi connectivity index (χ2n) is 5.19. The van der Waals surface area contributed by atoms with E-state index in [0.29, 0.717) is 0 Å². The van der Waals surface area contributed by atoms with Crippen LogP contribution < -0.4 is 5.32 Å². The highest BCUT2D eigenvalue weighted by molar-refractivity contribution is 7.09. The molecule has 1 N–H and O–H groups in total. The molecule has 0 saturated heterocycles. The summed E-state index contributed by atoms with van der Waals surface area (Å²) < 4.78 is 5.54.